The highest BCUT2D eigenvalue weighted by molar-refractivity contribution is 6.36. The number of nitrogen functional groups attached to an aromatic ring is 1. The van der Waals surface area contributed by atoms with Gasteiger partial charge in [-0.2, -0.15) is 5.10 Å². The summed E-state index contributed by atoms with van der Waals surface area (Å²) in [4.78, 5) is 32.4. The molecule has 4 aromatic rings. The van der Waals surface area contributed by atoms with Crippen molar-refractivity contribution in [1.82, 2.24) is 19.5 Å². The number of carbonyl (C=O) groups is 2. The van der Waals surface area contributed by atoms with Gasteiger partial charge in [0.2, 0.25) is 0 Å². The fraction of sp³-hybridized carbons (Fsp3) is 0.185. The Hall–Kier alpha value is -4.14. The number of aromatic nitrogens is 3. The number of fused-ring (bicyclic) bond motifs is 1. The van der Waals surface area contributed by atoms with Gasteiger partial charge in [0.05, 0.1) is 36.0 Å². The number of amides is 2. The number of halogens is 2. The second kappa shape index (κ2) is 11.7. The van der Waals surface area contributed by atoms with Crippen molar-refractivity contribution in [2.24, 2.45) is 0 Å². The van der Waals surface area contributed by atoms with E-state index in [-0.39, 0.29) is 11.6 Å². The Bertz CT molecular complexity index is 1620. The van der Waals surface area contributed by atoms with Crippen LogP contribution in [0.15, 0.2) is 54.9 Å². The lowest BCUT2D eigenvalue weighted by Crippen LogP contribution is -2.36. The highest BCUT2D eigenvalue weighted by atomic mass is 35.5. The van der Waals surface area contributed by atoms with E-state index in [0.717, 1.165) is 13.1 Å². The summed E-state index contributed by atoms with van der Waals surface area (Å²) in [5.74, 6) is 6.09. The summed E-state index contributed by atoms with van der Waals surface area (Å²) in [6.45, 7) is 3.57. The first-order valence-corrected chi connectivity index (χ1v) is 12.7. The number of nitrogens with two attached hydrogens (primary N) is 1. The van der Waals surface area contributed by atoms with Gasteiger partial charge in [-0.15, -0.1) is 0 Å². The van der Waals surface area contributed by atoms with Gasteiger partial charge in [0, 0.05) is 29.4 Å². The number of morpholine rings is 1. The molecule has 0 unspecified atom stereocenters. The highest BCUT2D eigenvalue weighted by Gasteiger charge is 2.20. The predicted molar refractivity (Wildman–Crippen MR) is 151 cm³/mol. The van der Waals surface area contributed by atoms with Crippen molar-refractivity contribution in [1.29, 1.82) is 0 Å². The number of nitrogens with one attached hydrogen (secondary N) is 2. The average molecular weight is 564 g/mol. The highest BCUT2D eigenvalue weighted by Crippen LogP contribution is 2.26. The van der Waals surface area contributed by atoms with E-state index >= 15 is 0 Å². The normalized spacial score (nSPS) is 13.5. The molecule has 1 aliphatic rings. The summed E-state index contributed by atoms with van der Waals surface area (Å²) in [6.07, 6.45) is 1.32. The van der Waals surface area contributed by atoms with Gasteiger partial charge >= 0.3 is 6.03 Å². The minimum atomic E-state index is -0.534. The lowest BCUT2D eigenvalue weighted by Gasteiger charge is -2.24. The molecule has 0 spiro atoms. The van der Waals surface area contributed by atoms with Crippen molar-refractivity contribution in [2.45, 2.75) is 0 Å². The van der Waals surface area contributed by atoms with Crippen molar-refractivity contribution < 1.29 is 14.3 Å². The quantitative estimate of drug-likeness (QED) is 0.245. The Morgan fingerprint density at radius 1 is 1.08 bits per heavy atom. The SMILES string of the molecule is Nc1ncnn2c(C#CCN3CCOCC3)cc(C(=O)c3cccc(NC(=O)Nc4ccc(Cl)cc4Cl)c3)c12. The number of urea groups is 1. The van der Waals surface area contributed by atoms with Crippen LogP contribution in [0, 0.1) is 11.8 Å². The van der Waals surface area contributed by atoms with Crippen LogP contribution >= 0.6 is 23.2 Å². The molecule has 1 saturated heterocycles. The van der Waals surface area contributed by atoms with Crippen molar-refractivity contribution in [3.05, 3.63) is 81.7 Å². The number of nitrogens with zero attached hydrogens (tertiary/aromatic N) is 4. The molecule has 12 heteroatoms. The zero-order valence-corrected chi connectivity index (χ0v) is 22.1. The number of ketones is 1. The summed E-state index contributed by atoms with van der Waals surface area (Å²) < 4.78 is 6.89. The van der Waals surface area contributed by atoms with Gasteiger partial charge in [0.1, 0.15) is 17.5 Å². The summed E-state index contributed by atoms with van der Waals surface area (Å²) in [6, 6.07) is 12.4. The summed E-state index contributed by atoms with van der Waals surface area (Å²) in [5.41, 5.74) is 8.46. The van der Waals surface area contributed by atoms with Gasteiger partial charge in [0.25, 0.3) is 0 Å². The van der Waals surface area contributed by atoms with E-state index in [1.807, 2.05) is 0 Å². The molecule has 3 heterocycles. The molecule has 39 heavy (non-hydrogen) atoms. The van der Waals surface area contributed by atoms with Gasteiger partial charge in [-0.25, -0.2) is 14.3 Å². The van der Waals surface area contributed by atoms with E-state index in [1.54, 1.807) is 42.5 Å². The van der Waals surface area contributed by atoms with Gasteiger partial charge in [0.15, 0.2) is 11.6 Å². The Labute approximate surface area is 234 Å². The summed E-state index contributed by atoms with van der Waals surface area (Å²) >= 11 is 12.0. The number of rotatable bonds is 5. The fourth-order valence-electron chi connectivity index (χ4n) is 4.10. The molecule has 10 nitrogen and oxygen atoms in total. The molecule has 4 N–H and O–H groups in total. The van der Waals surface area contributed by atoms with E-state index in [4.69, 9.17) is 33.7 Å². The van der Waals surface area contributed by atoms with Crippen molar-refractivity contribution >= 4 is 57.7 Å². The Kier molecular flexibility index (Phi) is 7.95. The van der Waals surface area contributed by atoms with Gasteiger partial charge in [-0.3, -0.25) is 9.69 Å². The largest absolute Gasteiger partial charge is 0.382 e. The predicted octanol–water partition coefficient (Wildman–Crippen LogP) is 4.18. The minimum Gasteiger partial charge on any atom is -0.382 e. The molecular formula is C27H23Cl2N7O3. The Balaban J connectivity index is 1.37. The number of carbonyl (C=O) groups excluding carboxylic acids is 2. The first-order valence-electron chi connectivity index (χ1n) is 12.0. The van der Waals surface area contributed by atoms with Gasteiger partial charge in [-0.1, -0.05) is 41.3 Å². The third-order valence-electron chi connectivity index (χ3n) is 6.01. The maximum Gasteiger partial charge on any atom is 0.323 e. The van der Waals surface area contributed by atoms with Gasteiger partial charge in [-0.05, 0) is 42.3 Å². The minimum absolute atomic E-state index is 0.156. The smallest absolute Gasteiger partial charge is 0.323 e. The monoisotopic (exact) mass is 563 g/mol. The van der Waals surface area contributed by atoms with E-state index in [0.29, 0.717) is 63.5 Å². The zero-order chi connectivity index (χ0) is 27.4. The second-order valence-corrected chi connectivity index (χ2v) is 9.50. The van der Waals surface area contributed by atoms with Crippen LogP contribution in [0.5, 0.6) is 0 Å². The maximum atomic E-state index is 13.6. The molecule has 2 aromatic carbocycles. The standard InChI is InChI=1S/C27H23Cl2N7O3/c28-18-6-7-23(22(29)14-18)34-27(38)33-19-4-1-3-17(13-19)25(37)21-15-20(36-24(21)26(30)31-16-32-36)5-2-8-35-9-11-39-12-10-35/h1,3-4,6-7,13-16H,8-12H2,(H2,30,31,32)(H2,33,34,38). The van der Waals surface area contributed by atoms with Crippen LogP contribution < -0.4 is 16.4 Å². The molecular weight excluding hydrogens is 541 g/mol. The fourth-order valence-corrected chi connectivity index (χ4v) is 4.56. The number of ether oxygens (including phenoxy) is 1. The lowest BCUT2D eigenvalue weighted by atomic mass is 10.0. The summed E-state index contributed by atoms with van der Waals surface area (Å²) in [5, 5.41) is 10.4. The van der Waals surface area contributed by atoms with E-state index in [9.17, 15) is 9.59 Å². The first kappa shape index (κ1) is 26.5. The lowest BCUT2D eigenvalue weighted by molar-refractivity contribution is 0.0443. The number of hydrogen-bond acceptors (Lipinski definition) is 7. The molecule has 198 valence electrons. The molecule has 2 amide bonds. The number of benzene rings is 2. The molecule has 0 radical (unpaired) electrons. The summed E-state index contributed by atoms with van der Waals surface area (Å²) in [7, 11) is 0. The molecule has 1 aliphatic heterocycles. The Morgan fingerprint density at radius 2 is 1.90 bits per heavy atom. The third-order valence-corrected chi connectivity index (χ3v) is 6.56. The van der Waals surface area contributed by atoms with Crippen molar-refractivity contribution in [3.63, 3.8) is 0 Å². The average Bonchev–Trinajstić information content (AvgIpc) is 3.30. The topological polar surface area (TPSA) is 127 Å². The third kappa shape index (κ3) is 6.13. The molecule has 0 saturated carbocycles. The molecule has 2 aromatic heterocycles. The number of hydrogen-bond donors (Lipinski definition) is 3. The van der Waals surface area contributed by atoms with Crippen molar-refractivity contribution in [2.75, 3.05) is 49.2 Å². The first-order chi connectivity index (χ1) is 18.9. The van der Waals surface area contributed by atoms with E-state index in [2.05, 4.69) is 37.5 Å². The van der Waals surface area contributed by atoms with Crippen molar-refractivity contribution in [3.8, 4) is 11.8 Å². The molecule has 5 rings (SSSR count). The van der Waals surface area contributed by atoms with Crippen LogP contribution in [0.4, 0.5) is 22.0 Å². The molecule has 0 bridgehead atoms. The maximum absolute atomic E-state index is 13.6. The van der Waals surface area contributed by atoms with Crippen LogP contribution in [0.1, 0.15) is 21.6 Å². The van der Waals surface area contributed by atoms with E-state index in [1.165, 1.54) is 16.9 Å². The van der Waals surface area contributed by atoms with Crippen LogP contribution in [0.3, 0.4) is 0 Å². The van der Waals surface area contributed by atoms with Crippen LogP contribution in [0.2, 0.25) is 10.0 Å². The molecule has 0 aliphatic carbocycles. The van der Waals surface area contributed by atoms with Gasteiger partial charge < -0.3 is 21.1 Å². The Morgan fingerprint density at radius 3 is 2.69 bits per heavy atom. The molecule has 1 fully saturated rings. The number of anilines is 3. The van der Waals surface area contributed by atoms with Crippen LogP contribution in [0.25, 0.3) is 5.52 Å². The van der Waals surface area contributed by atoms with Crippen LogP contribution in [-0.4, -0.2) is 64.2 Å². The van der Waals surface area contributed by atoms with E-state index < -0.39 is 6.03 Å². The van der Waals surface area contributed by atoms with Crippen LogP contribution in [-0.2, 0) is 4.74 Å². The zero-order valence-electron chi connectivity index (χ0n) is 20.6. The second-order valence-electron chi connectivity index (χ2n) is 8.65. The molecule has 0 atom stereocenters.